The summed E-state index contributed by atoms with van der Waals surface area (Å²) in [6.07, 6.45) is 18.1. The number of allylic oxidation sites excluding steroid dienone is 2. The molecule has 0 bridgehead atoms. The number of amidine groups is 1. The van der Waals surface area contributed by atoms with E-state index >= 15 is 0 Å². The Balaban J connectivity index is 0.00000119. The summed E-state index contributed by atoms with van der Waals surface area (Å²) in [6, 6.07) is 15.4. The van der Waals surface area contributed by atoms with E-state index in [0.717, 1.165) is 62.3 Å². The number of carbonyl (C=O) groups excluding carboxylic acids is 1. The lowest BCUT2D eigenvalue weighted by atomic mass is 9.80. The van der Waals surface area contributed by atoms with Gasteiger partial charge in [0.25, 0.3) is 0 Å². The standard InChI is InChI=1S/C26H32ClN3O2S.C5H12.C4H8.2C3H8.CH2O/c27-21-11-12-23-20(14-21)10-13-25-24(23)15-26(30-25)28-16-18-6-8-19(9-7-18)17-29-33(31,32)22-4-2-1-3-5-22;1-3-5-4-2;1-3-4-2;2*1-3-2;1-2/h1-5,11-12,14,18-19,24-25,29H,6-10,13,15-17H2,(H,28,30);3-5H2,1-2H3;3-4H,1-2H3;2*3H2,1-2H3;1H2/b;;4-3-;;;. The van der Waals surface area contributed by atoms with Crippen LogP contribution >= 0.6 is 11.6 Å². The molecule has 284 valence electrons. The molecular formula is C42H70ClN3O3S. The van der Waals surface area contributed by atoms with Gasteiger partial charge < -0.3 is 10.1 Å². The summed E-state index contributed by atoms with van der Waals surface area (Å²) in [5.74, 6) is 2.67. The fraction of sp³-hybridized carbons (Fsp3) is 0.619. The molecule has 2 aliphatic carbocycles. The lowest BCUT2D eigenvalue weighted by Gasteiger charge is -2.28. The Morgan fingerprint density at radius 2 is 1.42 bits per heavy atom. The average molecular weight is 733 g/mol. The third kappa shape index (κ3) is 18.7. The molecule has 2 aromatic carbocycles. The van der Waals surface area contributed by atoms with Crippen LogP contribution < -0.4 is 10.0 Å². The first kappa shape index (κ1) is 47.5. The van der Waals surface area contributed by atoms with Gasteiger partial charge in [-0.15, -0.1) is 0 Å². The molecule has 2 aromatic rings. The molecular weight excluding hydrogens is 662 g/mol. The zero-order valence-electron chi connectivity index (χ0n) is 32.6. The van der Waals surface area contributed by atoms with Crippen molar-refractivity contribution in [1.82, 2.24) is 10.0 Å². The maximum Gasteiger partial charge on any atom is 0.240 e. The minimum Gasteiger partial charge on any atom is -0.370 e. The van der Waals surface area contributed by atoms with E-state index in [2.05, 4.69) is 63.7 Å². The van der Waals surface area contributed by atoms with Gasteiger partial charge in [0, 0.05) is 36.5 Å². The maximum absolute atomic E-state index is 12.4. The first-order valence-corrected chi connectivity index (χ1v) is 21.0. The molecule has 2 N–H and O–H groups in total. The SMILES string of the molecule is C/C=C\C.C=O.CCC.CCC.CCCCC.O=S(=O)(NCC1CCC(CN=C2CC3c4ccc(Cl)cc4CCC3N2)CC1)c1ccccc1. The highest BCUT2D eigenvalue weighted by Gasteiger charge is 2.36. The Kier molecular flexibility index (Phi) is 27.7. The van der Waals surface area contributed by atoms with E-state index in [0.29, 0.717) is 35.2 Å². The van der Waals surface area contributed by atoms with E-state index < -0.39 is 10.0 Å². The molecule has 1 saturated heterocycles. The van der Waals surface area contributed by atoms with E-state index in [9.17, 15) is 8.42 Å². The lowest BCUT2D eigenvalue weighted by Crippen LogP contribution is -2.32. The second-order valence-corrected chi connectivity index (χ2v) is 15.4. The van der Waals surface area contributed by atoms with Gasteiger partial charge in [-0.3, -0.25) is 4.99 Å². The molecule has 0 spiro atoms. The lowest BCUT2D eigenvalue weighted by molar-refractivity contribution is -0.0980. The van der Waals surface area contributed by atoms with Crippen LogP contribution in [0.25, 0.3) is 0 Å². The molecule has 2 fully saturated rings. The number of nitrogens with zero attached hydrogens (tertiary/aromatic N) is 1. The zero-order valence-corrected chi connectivity index (χ0v) is 34.2. The largest absolute Gasteiger partial charge is 0.370 e. The van der Waals surface area contributed by atoms with Gasteiger partial charge in [0.1, 0.15) is 6.79 Å². The van der Waals surface area contributed by atoms with Crippen molar-refractivity contribution in [1.29, 1.82) is 0 Å². The number of hydrogen-bond donors (Lipinski definition) is 2. The summed E-state index contributed by atoms with van der Waals surface area (Å²) in [6.45, 7) is 20.3. The van der Waals surface area contributed by atoms with Gasteiger partial charge in [-0.25, -0.2) is 13.1 Å². The van der Waals surface area contributed by atoms with E-state index in [1.807, 2.05) is 44.9 Å². The number of aliphatic imine (C=N–C) groups is 1. The number of aryl methyl sites for hydroxylation is 1. The van der Waals surface area contributed by atoms with E-state index in [1.165, 1.54) is 43.2 Å². The Labute approximate surface area is 312 Å². The van der Waals surface area contributed by atoms with Crippen molar-refractivity contribution < 1.29 is 13.2 Å². The van der Waals surface area contributed by atoms with Crippen LogP contribution in [0.15, 0.2) is 70.6 Å². The molecule has 8 heteroatoms. The average Bonchev–Trinajstić information content (AvgIpc) is 3.56. The van der Waals surface area contributed by atoms with Crippen molar-refractivity contribution in [3.8, 4) is 0 Å². The molecule has 3 aliphatic rings. The molecule has 1 aliphatic heterocycles. The van der Waals surface area contributed by atoms with Gasteiger partial charge in [-0.05, 0) is 99.6 Å². The Morgan fingerprint density at radius 1 is 0.860 bits per heavy atom. The number of halogens is 1. The van der Waals surface area contributed by atoms with E-state index in [4.69, 9.17) is 21.4 Å². The molecule has 0 aromatic heterocycles. The van der Waals surface area contributed by atoms with Crippen LogP contribution in [-0.2, 0) is 21.2 Å². The molecule has 0 amide bonds. The molecule has 2 atom stereocenters. The second kappa shape index (κ2) is 29.1. The van der Waals surface area contributed by atoms with Crippen molar-refractivity contribution in [2.24, 2.45) is 16.8 Å². The number of rotatable bonds is 8. The molecule has 50 heavy (non-hydrogen) atoms. The van der Waals surface area contributed by atoms with Crippen LogP contribution in [0.1, 0.15) is 143 Å². The number of unbranched alkanes of at least 4 members (excludes halogenated alkanes) is 2. The Bertz CT molecular complexity index is 1280. The van der Waals surface area contributed by atoms with Crippen LogP contribution in [0.4, 0.5) is 0 Å². The zero-order chi connectivity index (χ0) is 37.8. The number of hydrogen-bond acceptors (Lipinski definition) is 4. The van der Waals surface area contributed by atoms with Crippen LogP contribution in [0.5, 0.6) is 0 Å². The Hall–Kier alpha value is -2.48. The maximum atomic E-state index is 12.4. The minimum atomic E-state index is -3.42. The smallest absolute Gasteiger partial charge is 0.240 e. The summed E-state index contributed by atoms with van der Waals surface area (Å²) in [4.78, 5) is 13.3. The molecule has 0 radical (unpaired) electrons. The first-order valence-electron chi connectivity index (χ1n) is 19.1. The minimum absolute atomic E-state index is 0.338. The number of sulfonamides is 1. The van der Waals surface area contributed by atoms with E-state index in [-0.39, 0.29) is 0 Å². The predicted octanol–water partition coefficient (Wildman–Crippen LogP) is 11.3. The topological polar surface area (TPSA) is 87.6 Å². The molecule has 1 heterocycles. The summed E-state index contributed by atoms with van der Waals surface area (Å²) < 4.78 is 27.7. The number of benzene rings is 2. The number of nitrogens with one attached hydrogen (secondary N) is 2. The molecule has 5 rings (SSSR count). The van der Waals surface area contributed by atoms with Crippen LogP contribution in [0, 0.1) is 11.8 Å². The highest BCUT2D eigenvalue weighted by Crippen LogP contribution is 2.39. The highest BCUT2D eigenvalue weighted by molar-refractivity contribution is 7.89. The highest BCUT2D eigenvalue weighted by atomic mass is 35.5. The van der Waals surface area contributed by atoms with Crippen molar-refractivity contribution in [3.63, 3.8) is 0 Å². The monoisotopic (exact) mass is 731 g/mol. The summed E-state index contributed by atoms with van der Waals surface area (Å²) in [5, 5.41) is 4.52. The Morgan fingerprint density at radius 3 is 1.94 bits per heavy atom. The summed E-state index contributed by atoms with van der Waals surface area (Å²) in [7, 11) is -3.42. The fourth-order valence-corrected chi connectivity index (χ4v) is 7.35. The predicted molar refractivity (Wildman–Crippen MR) is 218 cm³/mol. The molecule has 2 unspecified atom stereocenters. The third-order valence-electron chi connectivity index (χ3n) is 8.64. The summed E-state index contributed by atoms with van der Waals surface area (Å²) in [5.41, 5.74) is 2.83. The number of carbonyl (C=O) groups is 1. The van der Waals surface area contributed by atoms with Crippen LogP contribution in [0.3, 0.4) is 0 Å². The van der Waals surface area contributed by atoms with Crippen LogP contribution in [-0.4, -0.2) is 40.2 Å². The van der Waals surface area contributed by atoms with Crippen molar-refractivity contribution in [2.75, 3.05) is 13.1 Å². The molecule has 1 saturated carbocycles. The van der Waals surface area contributed by atoms with Gasteiger partial charge >= 0.3 is 0 Å². The second-order valence-electron chi connectivity index (χ2n) is 13.2. The summed E-state index contributed by atoms with van der Waals surface area (Å²) >= 11 is 6.19. The van der Waals surface area contributed by atoms with Gasteiger partial charge in [-0.2, -0.15) is 0 Å². The normalized spacial score (nSPS) is 21.0. The number of fused-ring (bicyclic) bond motifs is 3. The van der Waals surface area contributed by atoms with Crippen molar-refractivity contribution >= 4 is 34.2 Å². The fourth-order valence-electron chi connectivity index (χ4n) is 6.02. The van der Waals surface area contributed by atoms with Gasteiger partial charge in [0.05, 0.1) is 10.7 Å². The van der Waals surface area contributed by atoms with Crippen molar-refractivity contribution in [2.45, 2.75) is 149 Å². The van der Waals surface area contributed by atoms with Crippen LogP contribution in [0.2, 0.25) is 5.02 Å². The first-order chi connectivity index (χ1) is 24.1. The quantitative estimate of drug-likeness (QED) is 0.265. The molecule has 6 nitrogen and oxygen atoms in total. The third-order valence-corrected chi connectivity index (χ3v) is 10.3. The van der Waals surface area contributed by atoms with Gasteiger partial charge in [-0.1, -0.05) is 122 Å². The van der Waals surface area contributed by atoms with Gasteiger partial charge in [0.2, 0.25) is 10.0 Å². The van der Waals surface area contributed by atoms with Gasteiger partial charge in [0.15, 0.2) is 0 Å². The van der Waals surface area contributed by atoms with E-state index in [1.54, 1.807) is 24.3 Å². The van der Waals surface area contributed by atoms with Crippen molar-refractivity contribution in [3.05, 3.63) is 76.8 Å².